The summed E-state index contributed by atoms with van der Waals surface area (Å²) < 4.78 is 1.86. The van der Waals surface area contributed by atoms with Crippen LogP contribution < -0.4 is 0 Å². The quantitative estimate of drug-likeness (QED) is 0.896. The van der Waals surface area contributed by atoms with Crippen molar-refractivity contribution in [1.29, 1.82) is 0 Å². The Kier molecular flexibility index (Phi) is 5.07. The van der Waals surface area contributed by atoms with Gasteiger partial charge in [0.1, 0.15) is 0 Å². The molecule has 3 nitrogen and oxygen atoms in total. The third kappa shape index (κ3) is 3.47. The molecule has 1 unspecified atom stereocenters. The van der Waals surface area contributed by atoms with Crippen molar-refractivity contribution in [2.24, 2.45) is 0 Å². The predicted molar refractivity (Wildman–Crippen MR) is 86.8 cm³/mol. The largest absolute Gasteiger partial charge is 0.388 e. The Morgan fingerprint density at radius 2 is 1.76 bits per heavy atom. The van der Waals surface area contributed by atoms with Crippen LogP contribution in [0.25, 0.3) is 0 Å². The lowest BCUT2D eigenvalue weighted by Gasteiger charge is -2.14. The van der Waals surface area contributed by atoms with Crippen molar-refractivity contribution in [3.05, 3.63) is 51.8 Å². The van der Waals surface area contributed by atoms with Gasteiger partial charge in [-0.3, -0.25) is 4.68 Å². The van der Waals surface area contributed by atoms with Gasteiger partial charge in [-0.25, -0.2) is 0 Å². The average Bonchev–Trinajstić information content (AvgIpc) is 2.75. The van der Waals surface area contributed by atoms with E-state index < -0.39 is 6.10 Å². The lowest BCUT2D eigenvalue weighted by atomic mass is 9.98. The summed E-state index contributed by atoms with van der Waals surface area (Å²) in [6.45, 7) is 8.99. The maximum atomic E-state index is 10.5. The van der Waals surface area contributed by atoms with Gasteiger partial charge in [-0.2, -0.15) is 5.10 Å². The van der Waals surface area contributed by atoms with Crippen molar-refractivity contribution in [1.82, 2.24) is 9.78 Å². The predicted octanol–water partition coefficient (Wildman–Crippen LogP) is 4.26. The molecule has 2 rings (SSSR count). The van der Waals surface area contributed by atoms with Crippen LogP contribution in [0.2, 0.25) is 5.02 Å². The van der Waals surface area contributed by atoms with Crippen LogP contribution in [0.4, 0.5) is 0 Å². The summed E-state index contributed by atoms with van der Waals surface area (Å²) in [5.41, 5.74) is 3.91. The molecule has 1 aromatic carbocycles. The molecule has 2 aromatic rings. The molecule has 1 atom stereocenters. The highest BCUT2D eigenvalue weighted by molar-refractivity contribution is 6.31. The molecule has 0 saturated carbocycles. The van der Waals surface area contributed by atoms with Gasteiger partial charge in [-0.05, 0) is 30.9 Å². The van der Waals surface area contributed by atoms with Crippen LogP contribution in [0, 0.1) is 6.92 Å². The van der Waals surface area contributed by atoms with Gasteiger partial charge in [-0.1, -0.05) is 49.7 Å². The van der Waals surface area contributed by atoms with Crippen molar-refractivity contribution in [2.45, 2.75) is 52.7 Å². The van der Waals surface area contributed by atoms with Gasteiger partial charge in [0, 0.05) is 13.0 Å². The minimum absolute atomic E-state index is 0.481. The number of rotatable bonds is 5. The molecule has 0 aliphatic heterocycles. The maximum Gasteiger partial charge on any atom is 0.0848 e. The number of benzene rings is 1. The number of halogens is 1. The zero-order valence-corrected chi connectivity index (χ0v) is 13.9. The van der Waals surface area contributed by atoms with Crippen molar-refractivity contribution < 1.29 is 5.11 Å². The molecule has 0 aliphatic rings. The Hall–Kier alpha value is -1.32. The van der Waals surface area contributed by atoms with E-state index in [2.05, 4.69) is 31.1 Å². The van der Waals surface area contributed by atoms with Crippen LogP contribution in [0.5, 0.6) is 0 Å². The van der Waals surface area contributed by atoms with E-state index in [-0.39, 0.29) is 0 Å². The van der Waals surface area contributed by atoms with Gasteiger partial charge in [0.25, 0.3) is 0 Å². The number of aliphatic hydroxyl groups excluding tert-OH is 1. The highest BCUT2D eigenvalue weighted by Crippen LogP contribution is 2.27. The molecule has 114 valence electrons. The summed E-state index contributed by atoms with van der Waals surface area (Å²) in [5, 5.41) is 15.5. The Morgan fingerprint density at radius 1 is 1.19 bits per heavy atom. The fourth-order valence-electron chi connectivity index (χ4n) is 2.47. The van der Waals surface area contributed by atoms with E-state index in [1.165, 1.54) is 5.56 Å². The highest BCUT2D eigenvalue weighted by Gasteiger charge is 2.17. The summed E-state index contributed by atoms with van der Waals surface area (Å²) in [6.07, 6.45) is -0.0840. The van der Waals surface area contributed by atoms with E-state index in [0.717, 1.165) is 23.5 Å². The number of aliphatic hydroxyl groups is 1. The molecular formula is C17H23ClN2O. The number of nitrogens with zero attached hydrogens (tertiary/aromatic N) is 2. The number of hydrogen-bond acceptors (Lipinski definition) is 2. The van der Waals surface area contributed by atoms with Crippen LogP contribution in [-0.2, 0) is 13.0 Å². The molecule has 0 fully saturated rings. The highest BCUT2D eigenvalue weighted by atomic mass is 35.5. The Labute approximate surface area is 131 Å². The van der Waals surface area contributed by atoms with Crippen LogP contribution >= 0.6 is 11.6 Å². The number of hydrogen-bond donors (Lipinski definition) is 1. The molecular weight excluding hydrogens is 284 g/mol. The fourth-order valence-corrected chi connectivity index (χ4v) is 2.68. The second-order valence-corrected chi connectivity index (χ2v) is 6.08. The SMILES string of the molecule is CCn1nc(C)c(Cl)c1CC(O)c1ccc(C(C)C)cc1. The molecule has 0 bridgehead atoms. The summed E-state index contributed by atoms with van der Waals surface area (Å²) >= 11 is 6.30. The fraction of sp³-hybridized carbons (Fsp3) is 0.471. The van der Waals surface area contributed by atoms with Crippen LogP contribution in [0.1, 0.15) is 55.3 Å². The van der Waals surface area contributed by atoms with Crippen molar-refractivity contribution >= 4 is 11.6 Å². The van der Waals surface area contributed by atoms with E-state index in [1.807, 2.05) is 30.7 Å². The summed E-state index contributed by atoms with van der Waals surface area (Å²) in [4.78, 5) is 0. The van der Waals surface area contributed by atoms with Gasteiger partial charge in [-0.15, -0.1) is 0 Å². The van der Waals surface area contributed by atoms with Crippen LogP contribution in [0.15, 0.2) is 24.3 Å². The molecule has 1 N–H and O–H groups in total. The minimum Gasteiger partial charge on any atom is -0.388 e. The Bertz CT molecular complexity index is 602. The second-order valence-electron chi connectivity index (χ2n) is 5.70. The van der Waals surface area contributed by atoms with Crippen LogP contribution in [-0.4, -0.2) is 14.9 Å². The monoisotopic (exact) mass is 306 g/mol. The molecule has 0 amide bonds. The van der Waals surface area contributed by atoms with Gasteiger partial charge in [0.15, 0.2) is 0 Å². The van der Waals surface area contributed by atoms with E-state index in [0.29, 0.717) is 17.4 Å². The third-order valence-electron chi connectivity index (χ3n) is 3.83. The smallest absolute Gasteiger partial charge is 0.0848 e. The molecule has 4 heteroatoms. The molecule has 0 radical (unpaired) electrons. The Balaban J connectivity index is 2.19. The molecule has 0 spiro atoms. The third-order valence-corrected chi connectivity index (χ3v) is 4.32. The first-order valence-corrected chi connectivity index (χ1v) is 7.81. The molecule has 1 aromatic heterocycles. The molecule has 0 aliphatic carbocycles. The van der Waals surface area contributed by atoms with Gasteiger partial charge in [0.2, 0.25) is 0 Å². The topological polar surface area (TPSA) is 38.0 Å². The van der Waals surface area contributed by atoms with E-state index in [1.54, 1.807) is 0 Å². The lowest BCUT2D eigenvalue weighted by molar-refractivity contribution is 0.175. The first-order chi connectivity index (χ1) is 9.93. The van der Waals surface area contributed by atoms with Gasteiger partial charge < -0.3 is 5.11 Å². The minimum atomic E-state index is -0.565. The van der Waals surface area contributed by atoms with Crippen LogP contribution in [0.3, 0.4) is 0 Å². The summed E-state index contributed by atoms with van der Waals surface area (Å²) in [5.74, 6) is 0.495. The van der Waals surface area contributed by atoms with E-state index >= 15 is 0 Å². The van der Waals surface area contributed by atoms with Crippen molar-refractivity contribution in [3.63, 3.8) is 0 Å². The van der Waals surface area contributed by atoms with Crippen molar-refractivity contribution in [3.8, 4) is 0 Å². The van der Waals surface area contributed by atoms with Gasteiger partial charge in [0.05, 0.1) is 22.5 Å². The maximum absolute atomic E-state index is 10.5. The summed E-state index contributed by atoms with van der Waals surface area (Å²) in [7, 11) is 0. The zero-order chi connectivity index (χ0) is 15.6. The lowest BCUT2D eigenvalue weighted by Crippen LogP contribution is -2.09. The molecule has 21 heavy (non-hydrogen) atoms. The summed E-state index contributed by atoms with van der Waals surface area (Å²) in [6, 6.07) is 8.14. The van der Waals surface area contributed by atoms with Gasteiger partial charge >= 0.3 is 0 Å². The zero-order valence-electron chi connectivity index (χ0n) is 13.1. The first kappa shape index (κ1) is 16.1. The average molecular weight is 307 g/mol. The number of aromatic nitrogens is 2. The van der Waals surface area contributed by atoms with E-state index in [9.17, 15) is 5.11 Å². The van der Waals surface area contributed by atoms with Crippen molar-refractivity contribution in [2.75, 3.05) is 0 Å². The normalized spacial score (nSPS) is 12.9. The molecule has 0 saturated heterocycles. The standard InChI is InChI=1S/C17H23ClN2O/c1-5-20-15(17(18)12(4)19-20)10-16(21)14-8-6-13(7-9-14)11(2)3/h6-9,11,16,21H,5,10H2,1-4H3. The number of aryl methyl sites for hydroxylation is 2. The van der Waals surface area contributed by atoms with E-state index in [4.69, 9.17) is 11.6 Å². The Morgan fingerprint density at radius 3 is 2.29 bits per heavy atom. The first-order valence-electron chi connectivity index (χ1n) is 7.43. The molecule has 1 heterocycles. The second kappa shape index (κ2) is 6.63.